The molecule has 0 radical (unpaired) electrons. The third-order valence-corrected chi connectivity index (χ3v) is 3.37. The quantitative estimate of drug-likeness (QED) is 0.517. The molecule has 0 amide bonds. The van der Waals surface area contributed by atoms with E-state index in [9.17, 15) is 9.59 Å². The highest BCUT2D eigenvalue weighted by Crippen LogP contribution is 2.11. The maximum absolute atomic E-state index is 11.1. The van der Waals surface area contributed by atoms with Crippen molar-refractivity contribution in [3.05, 3.63) is 16.1 Å². The molecule has 0 fully saturated rings. The third-order valence-electron chi connectivity index (χ3n) is 2.41. The Morgan fingerprint density at radius 2 is 2.26 bits per heavy atom. The van der Waals surface area contributed by atoms with Crippen molar-refractivity contribution in [1.82, 2.24) is 10.3 Å². The number of aliphatic carboxylic acids is 1. The molecule has 6 nitrogen and oxygen atoms in total. The molecule has 1 rings (SSSR count). The molecule has 0 bridgehead atoms. The topological polar surface area (TPSA) is 88.5 Å². The second kappa shape index (κ2) is 8.60. The van der Waals surface area contributed by atoms with Crippen LogP contribution in [0.4, 0.5) is 0 Å². The Bertz CT molecular complexity index is 420. The smallest absolute Gasteiger partial charge is 0.311 e. The number of aromatic nitrogens is 1. The number of carboxylic acid groups (broad SMARTS) is 1. The molecule has 19 heavy (non-hydrogen) atoms. The Morgan fingerprint density at radius 1 is 1.47 bits per heavy atom. The number of hydrogen-bond acceptors (Lipinski definition) is 6. The van der Waals surface area contributed by atoms with Crippen LogP contribution in [-0.4, -0.2) is 42.2 Å². The molecular formula is C12H18N2O4S. The molecule has 0 spiro atoms. The van der Waals surface area contributed by atoms with Crippen LogP contribution in [0.2, 0.25) is 0 Å². The number of rotatable bonds is 9. The van der Waals surface area contributed by atoms with Crippen LogP contribution < -0.4 is 5.32 Å². The zero-order valence-corrected chi connectivity index (χ0v) is 11.7. The van der Waals surface area contributed by atoms with Gasteiger partial charge in [-0.05, 0) is 13.0 Å². The number of nitrogens with zero attached hydrogens (tertiary/aromatic N) is 1. The number of methoxy groups -OCH3 is 1. The molecule has 1 heterocycles. The van der Waals surface area contributed by atoms with Crippen LogP contribution in [0.25, 0.3) is 0 Å². The van der Waals surface area contributed by atoms with Gasteiger partial charge in [-0.15, -0.1) is 11.3 Å². The van der Waals surface area contributed by atoms with Gasteiger partial charge in [-0.1, -0.05) is 0 Å². The van der Waals surface area contributed by atoms with E-state index in [2.05, 4.69) is 15.0 Å². The van der Waals surface area contributed by atoms with Crippen molar-refractivity contribution in [3.8, 4) is 0 Å². The molecule has 0 aliphatic rings. The first-order chi connectivity index (χ1) is 9.11. The summed E-state index contributed by atoms with van der Waals surface area (Å²) in [5, 5.41) is 14.5. The zero-order valence-electron chi connectivity index (χ0n) is 10.8. The van der Waals surface area contributed by atoms with E-state index in [1.807, 2.05) is 5.38 Å². The Hall–Kier alpha value is -1.47. The molecule has 7 heteroatoms. The molecule has 2 N–H and O–H groups in total. The monoisotopic (exact) mass is 286 g/mol. The average molecular weight is 286 g/mol. The van der Waals surface area contributed by atoms with Gasteiger partial charge < -0.3 is 15.2 Å². The molecule has 1 aromatic rings. The summed E-state index contributed by atoms with van der Waals surface area (Å²) in [7, 11) is 1.36. The van der Waals surface area contributed by atoms with Crippen LogP contribution in [0.15, 0.2) is 5.38 Å². The van der Waals surface area contributed by atoms with Crippen molar-refractivity contribution in [2.75, 3.05) is 20.2 Å². The highest BCUT2D eigenvalue weighted by molar-refractivity contribution is 7.09. The number of carboxylic acids is 1. The van der Waals surface area contributed by atoms with Gasteiger partial charge in [0.25, 0.3) is 0 Å². The van der Waals surface area contributed by atoms with Crippen LogP contribution in [0.1, 0.15) is 23.5 Å². The van der Waals surface area contributed by atoms with Gasteiger partial charge >= 0.3 is 11.9 Å². The molecule has 0 saturated carbocycles. The van der Waals surface area contributed by atoms with Crippen LogP contribution in [0.3, 0.4) is 0 Å². The summed E-state index contributed by atoms with van der Waals surface area (Å²) in [4.78, 5) is 25.7. The van der Waals surface area contributed by atoms with Crippen molar-refractivity contribution >= 4 is 23.3 Å². The number of esters is 1. The van der Waals surface area contributed by atoms with Crippen LogP contribution >= 0.6 is 11.3 Å². The van der Waals surface area contributed by atoms with Crippen molar-refractivity contribution < 1.29 is 19.4 Å². The fourth-order valence-corrected chi connectivity index (χ4v) is 2.25. The van der Waals surface area contributed by atoms with E-state index in [0.717, 1.165) is 23.7 Å². The average Bonchev–Trinajstić information content (AvgIpc) is 2.80. The number of carbonyl (C=O) groups excluding carboxylic acids is 1. The van der Waals surface area contributed by atoms with Gasteiger partial charge in [-0.25, -0.2) is 4.98 Å². The van der Waals surface area contributed by atoms with E-state index in [0.29, 0.717) is 13.0 Å². The minimum absolute atomic E-state index is 0.188. The molecular weight excluding hydrogens is 268 g/mol. The first-order valence-corrected chi connectivity index (χ1v) is 6.92. The highest BCUT2D eigenvalue weighted by atomic mass is 32.1. The van der Waals surface area contributed by atoms with E-state index in [4.69, 9.17) is 5.11 Å². The van der Waals surface area contributed by atoms with Gasteiger partial charge in [0.15, 0.2) is 0 Å². The predicted octanol–water partition coefficient (Wildman–Crippen LogP) is 0.855. The summed E-state index contributed by atoms with van der Waals surface area (Å²) in [6.45, 7) is 1.44. The van der Waals surface area contributed by atoms with E-state index >= 15 is 0 Å². The summed E-state index contributed by atoms with van der Waals surface area (Å²) < 4.78 is 4.57. The first kappa shape index (κ1) is 15.6. The van der Waals surface area contributed by atoms with Gasteiger partial charge in [-0.3, -0.25) is 9.59 Å². The fourth-order valence-electron chi connectivity index (χ4n) is 1.45. The van der Waals surface area contributed by atoms with Crippen molar-refractivity contribution in [1.29, 1.82) is 0 Å². The zero-order chi connectivity index (χ0) is 14.1. The molecule has 0 aromatic carbocycles. The van der Waals surface area contributed by atoms with Gasteiger partial charge in [0.05, 0.1) is 24.2 Å². The lowest BCUT2D eigenvalue weighted by molar-refractivity contribution is -0.140. The van der Waals surface area contributed by atoms with Gasteiger partial charge in [-0.2, -0.15) is 0 Å². The summed E-state index contributed by atoms with van der Waals surface area (Å²) in [5.41, 5.74) is 0.734. The highest BCUT2D eigenvalue weighted by Gasteiger charge is 2.07. The number of hydrogen-bond donors (Lipinski definition) is 2. The molecule has 1 aromatic heterocycles. The van der Waals surface area contributed by atoms with Gasteiger partial charge in [0.2, 0.25) is 0 Å². The normalized spacial score (nSPS) is 10.4. The fraction of sp³-hybridized carbons (Fsp3) is 0.583. The lowest BCUT2D eigenvalue weighted by Gasteiger charge is -2.01. The largest absolute Gasteiger partial charge is 0.481 e. The van der Waals surface area contributed by atoms with Gasteiger partial charge in [0.1, 0.15) is 0 Å². The summed E-state index contributed by atoms with van der Waals surface area (Å²) in [5.74, 6) is -1.06. The maximum Gasteiger partial charge on any atom is 0.311 e. The standard InChI is InChI=1S/C12H18N2O4S/c1-18-12(17)7-9-8-19-10(14-9)4-6-13-5-2-3-11(15)16/h8,13H,2-7H2,1H3,(H,15,16). The molecule has 0 aliphatic heterocycles. The van der Waals surface area contributed by atoms with E-state index in [1.54, 1.807) is 0 Å². The van der Waals surface area contributed by atoms with Gasteiger partial charge in [0, 0.05) is 24.8 Å². The van der Waals surface area contributed by atoms with Crippen LogP contribution in [-0.2, 0) is 27.2 Å². The summed E-state index contributed by atoms with van der Waals surface area (Å²) in [6, 6.07) is 0. The number of nitrogens with one attached hydrogen (secondary N) is 1. The van der Waals surface area contributed by atoms with Crippen molar-refractivity contribution in [2.45, 2.75) is 25.7 Å². The molecule has 0 saturated heterocycles. The lowest BCUT2D eigenvalue weighted by Crippen LogP contribution is -2.19. The lowest BCUT2D eigenvalue weighted by atomic mass is 10.3. The second-order valence-electron chi connectivity index (χ2n) is 3.98. The predicted molar refractivity (Wildman–Crippen MR) is 71.3 cm³/mol. The summed E-state index contributed by atoms with van der Waals surface area (Å²) >= 11 is 1.52. The Labute approximate surface area is 115 Å². The molecule has 106 valence electrons. The second-order valence-corrected chi connectivity index (χ2v) is 4.93. The Balaban J connectivity index is 2.16. The third kappa shape index (κ3) is 6.88. The van der Waals surface area contributed by atoms with Crippen LogP contribution in [0.5, 0.6) is 0 Å². The first-order valence-electron chi connectivity index (χ1n) is 6.04. The molecule has 0 aliphatic carbocycles. The Kier molecular flexibility index (Phi) is 7.06. The molecule has 0 atom stereocenters. The van der Waals surface area contributed by atoms with E-state index < -0.39 is 5.97 Å². The van der Waals surface area contributed by atoms with Crippen molar-refractivity contribution in [2.24, 2.45) is 0 Å². The van der Waals surface area contributed by atoms with E-state index in [-0.39, 0.29) is 18.8 Å². The summed E-state index contributed by atoms with van der Waals surface area (Å²) in [6.07, 6.45) is 1.80. The Morgan fingerprint density at radius 3 is 2.95 bits per heavy atom. The minimum atomic E-state index is -0.769. The van der Waals surface area contributed by atoms with Crippen LogP contribution in [0, 0.1) is 0 Å². The minimum Gasteiger partial charge on any atom is -0.481 e. The number of carbonyl (C=O) groups is 2. The molecule has 0 unspecified atom stereocenters. The SMILES string of the molecule is COC(=O)Cc1csc(CCNCCCC(=O)O)n1. The maximum atomic E-state index is 11.1. The number of ether oxygens (including phenoxy) is 1. The van der Waals surface area contributed by atoms with E-state index in [1.165, 1.54) is 18.4 Å². The van der Waals surface area contributed by atoms with Crippen molar-refractivity contribution in [3.63, 3.8) is 0 Å². The number of thiazole rings is 1.